The maximum absolute atomic E-state index is 6.29. The van der Waals surface area contributed by atoms with Crippen LogP contribution in [0.5, 0.6) is 0 Å². The van der Waals surface area contributed by atoms with E-state index in [2.05, 4.69) is 30.7 Å². The molecule has 0 saturated carbocycles. The summed E-state index contributed by atoms with van der Waals surface area (Å²) in [5.41, 5.74) is 0. The lowest BCUT2D eigenvalue weighted by atomic mass is 10.1. The van der Waals surface area contributed by atoms with Crippen LogP contribution in [0.2, 0.25) is 5.02 Å². The number of pyridine rings is 1. The van der Waals surface area contributed by atoms with Crippen molar-refractivity contribution in [3.05, 3.63) is 35.2 Å². The van der Waals surface area contributed by atoms with Gasteiger partial charge in [-0.3, -0.25) is 0 Å². The summed E-state index contributed by atoms with van der Waals surface area (Å²) in [7, 11) is 0. The van der Waals surface area contributed by atoms with Crippen molar-refractivity contribution < 1.29 is 0 Å². The van der Waals surface area contributed by atoms with Crippen LogP contribution in [0.15, 0.2) is 24.4 Å². The molecule has 0 N–H and O–H groups in total. The zero-order chi connectivity index (χ0) is 17.9. The van der Waals surface area contributed by atoms with E-state index < -0.39 is 0 Å². The highest BCUT2D eigenvalue weighted by Gasteiger charge is 2.22. The molecule has 2 aliphatic heterocycles. The van der Waals surface area contributed by atoms with E-state index in [0.717, 1.165) is 62.5 Å². The number of piperazine rings is 1. The lowest BCUT2D eigenvalue weighted by Gasteiger charge is -2.37. The highest BCUT2D eigenvalue weighted by atomic mass is 35.5. The van der Waals surface area contributed by atoms with E-state index in [0.29, 0.717) is 5.02 Å². The molecule has 2 saturated heterocycles. The van der Waals surface area contributed by atoms with Gasteiger partial charge in [0.2, 0.25) is 0 Å². The molecule has 2 aromatic rings. The molecule has 2 aliphatic rings. The van der Waals surface area contributed by atoms with E-state index in [4.69, 9.17) is 16.6 Å². The molecule has 7 heteroatoms. The van der Waals surface area contributed by atoms with E-state index in [1.807, 2.05) is 19.1 Å². The highest BCUT2D eigenvalue weighted by molar-refractivity contribution is 6.32. The van der Waals surface area contributed by atoms with Gasteiger partial charge in [-0.25, -0.2) is 15.0 Å². The summed E-state index contributed by atoms with van der Waals surface area (Å²) in [6, 6.07) is 5.92. The van der Waals surface area contributed by atoms with Crippen LogP contribution < -0.4 is 14.7 Å². The molecule has 6 nitrogen and oxygen atoms in total. The Balaban J connectivity index is 1.47. The largest absolute Gasteiger partial charge is 0.356 e. The SMILES string of the molecule is Cc1nc(N2CCCCC2)cc(N2CCN(c3ncccc3Cl)CC2)n1. The Morgan fingerprint density at radius 1 is 0.846 bits per heavy atom. The second-order valence-corrected chi connectivity index (χ2v) is 7.37. The average Bonchev–Trinajstić information content (AvgIpc) is 2.69. The van der Waals surface area contributed by atoms with Gasteiger partial charge in [0, 0.05) is 51.5 Å². The zero-order valence-corrected chi connectivity index (χ0v) is 16.0. The van der Waals surface area contributed by atoms with Gasteiger partial charge in [0.1, 0.15) is 23.3 Å². The first-order chi connectivity index (χ1) is 12.7. The van der Waals surface area contributed by atoms with E-state index in [1.165, 1.54) is 19.3 Å². The van der Waals surface area contributed by atoms with Crippen molar-refractivity contribution in [2.75, 3.05) is 54.0 Å². The van der Waals surface area contributed by atoms with Crippen LogP contribution in [-0.4, -0.2) is 54.2 Å². The van der Waals surface area contributed by atoms with E-state index in [1.54, 1.807) is 6.20 Å². The van der Waals surface area contributed by atoms with Crippen molar-refractivity contribution in [2.24, 2.45) is 0 Å². The van der Waals surface area contributed by atoms with Crippen molar-refractivity contribution in [2.45, 2.75) is 26.2 Å². The Bertz CT molecular complexity index is 753. The van der Waals surface area contributed by atoms with E-state index in [9.17, 15) is 0 Å². The fourth-order valence-electron chi connectivity index (χ4n) is 3.74. The predicted octanol–water partition coefficient (Wildman–Crippen LogP) is 3.15. The minimum absolute atomic E-state index is 0.714. The molecule has 4 heterocycles. The lowest BCUT2D eigenvalue weighted by molar-refractivity contribution is 0.572. The predicted molar refractivity (Wildman–Crippen MR) is 107 cm³/mol. The van der Waals surface area contributed by atoms with Crippen LogP contribution >= 0.6 is 11.6 Å². The Morgan fingerprint density at radius 3 is 2.12 bits per heavy atom. The van der Waals surface area contributed by atoms with Crippen LogP contribution in [0.25, 0.3) is 0 Å². The van der Waals surface area contributed by atoms with Gasteiger partial charge in [0.05, 0.1) is 5.02 Å². The Morgan fingerprint density at radius 2 is 1.46 bits per heavy atom. The summed E-state index contributed by atoms with van der Waals surface area (Å²) >= 11 is 6.29. The van der Waals surface area contributed by atoms with Crippen molar-refractivity contribution in [3.63, 3.8) is 0 Å². The maximum Gasteiger partial charge on any atom is 0.147 e. The third-order valence-corrected chi connectivity index (χ3v) is 5.43. The van der Waals surface area contributed by atoms with Gasteiger partial charge < -0.3 is 14.7 Å². The summed E-state index contributed by atoms with van der Waals surface area (Å²) in [5, 5.41) is 0.714. The van der Waals surface area contributed by atoms with E-state index >= 15 is 0 Å². The topological polar surface area (TPSA) is 48.4 Å². The van der Waals surface area contributed by atoms with Gasteiger partial charge in [0.25, 0.3) is 0 Å². The van der Waals surface area contributed by atoms with Crippen LogP contribution in [-0.2, 0) is 0 Å². The minimum Gasteiger partial charge on any atom is -0.356 e. The van der Waals surface area contributed by atoms with Gasteiger partial charge in [-0.2, -0.15) is 0 Å². The van der Waals surface area contributed by atoms with E-state index in [-0.39, 0.29) is 0 Å². The maximum atomic E-state index is 6.29. The zero-order valence-electron chi connectivity index (χ0n) is 15.2. The normalized spacial score (nSPS) is 18.3. The highest BCUT2D eigenvalue weighted by Crippen LogP contribution is 2.26. The van der Waals surface area contributed by atoms with Crippen molar-refractivity contribution in [1.29, 1.82) is 0 Å². The summed E-state index contributed by atoms with van der Waals surface area (Å²) < 4.78 is 0. The van der Waals surface area contributed by atoms with Crippen LogP contribution in [0.3, 0.4) is 0 Å². The Kier molecular flexibility index (Phi) is 5.11. The van der Waals surface area contributed by atoms with Crippen molar-refractivity contribution in [3.8, 4) is 0 Å². The first-order valence-corrected chi connectivity index (χ1v) is 9.79. The van der Waals surface area contributed by atoms with Gasteiger partial charge in [0.15, 0.2) is 0 Å². The molecule has 0 atom stereocenters. The molecule has 0 radical (unpaired) electrons. The lowest BCUT2D eigenvalue weighted by Crippen LogP contribution is -2.47. The molecule has 2 aromatic heterocycles. The smallest absolute Gasteiger partial charge is 0.147 e. The number of anilines is 3. The Labute approximate surface area is 159 Å². The molecule has 4 rings (SSSR count). The minimum atomic E-state index is 0.714. The van der Waals surface area contributed by atoms with Gasteiger partial charge in [-0.15, -0.1) is 0 Å². The van der Waals surface area contributed by atoms with Crippen molar-refractivity contribution in [1.82, 2.24) is 15.0 Å². The molecule has 0 unspecified atom stereocenters. The van der Waals surface area contributed by atoms with Crippen molar-refractivity contribution >= 4 is 29.1 Å². The molecular formula is C19H25ClN6. The number of hydrogen-bond acceptors (Lipinski definition) is 6. The number of hydrogen-bond donors (Lipinski definition) is 0. The monoisotopic (exact) mass is 372 g/mol. The number of piperidine rings is 1. The third kappa shape index (κ3) is 3.70. The Hall–Kier alpha value is -2.08. The second kappa shape index (κ2) is 7.66. The number of aryl methyl sites for hydroxylation is 1. The second-order valence-electron chi connectivity index (χ2n) is 6.96. The quantitative estimate of drug-likeness (QED) is 0.824. The third-order valence-electron chi connectivity index (χ3n) is 5.13. The van der Waals surface area contributed by atoms with Crippen LogP contribution in [0.1, 0.15) is 25.1 Å². The summed E-state index contributed by atoms with van der Waals surface area (Å²) in [5.74, 6) is 3.83. The van der Waals surface area contributed by atoms with Gasteiger partial charge in [-0.05, 0) is 38.3 Å². The molecule has 138 valence electrons. The molecule has 0 aromatic carbocycles. The average molecular weight is 373 g/mol. The number of nitrogens with zero attached hydrogens (tertiary/aromatic N) is 6. The molecule has 0 aliphatic carbocycles. The molecule has 0 bridgehead atoms. The summed E-state index contributed by atoms with van der Waals surface area (Å²) in [6.07, 6.45) is 5.63. The molecule has 26 heavy (non-hydrogen) atoms. The summed E-state index contributed by atoms with van der Waals surface area (Å²) in [4.78, 5) is 20.8. The standard InChI is InChI=1S/C19H25ClN6/c1-15-22-17(24-8-3-2-4-9-24)14-18(23-15)25-10-12-26(13-11-25)19-16(20)6-5-7-21-19/h5-7,14H,2-4,8-13H2,1H3. The van der Waals surface area contributed by atoms with Crippen LogP contribution in [0.4, 0.5) is 17.5 Å². The first-order valence-electron chi connectivity index (χ1n) is 9.42. The van der Waals surface area contributed by atoms with Crippen LogP contribution in [0, 0.1) is 6.92 Å². The molecular weight excluding hydrogens is 348 g/mol. The summed E-state index contributed by atoms with van der Waals surface area (Å²) in [6.45, 7) is 7.77. The molecule has 0 amide bonds. The fraction of sp³-hybridized carbons (Fsp3) is 0.526. The number of rotatable bonds is 3. The van der Waals surface area contributed by atoms with Gasteiger partial charge >= 0.3 is 0 Å². The first kappa shape index (κ1) is 17.3. The van der Waals surface area contributed by atoms with Gasteiger partial charge in [-0.1, -0.05) is 11.6 Å². The number of aromatic nitrogens is 3. The molecule has 2 fully saturated rings. The fourth-order valence-corrected chi connectivity index (χ4v) is 3.98. The molecule has 0 spiro atoms. The number of halogens is 1.